The Bertz CT molecular complexity index is 599. The molecule has 0 fully saturated rings. The van der Waals surface area contributed by atoms with Gasteiger partial charge in [-0.25, -0.2) is 0 Å². The van der Waals surface area contributed by atoms with Gasteiger partial charge in [-0.1, -0.05) is 23.7 Å². The van der Waals surface area contributed by atoms with Crippen LogP contribution >= 0.6 is 11.6 Å². The fourth-order valence-corrected chi connectivity index (χ4v) is 2.02. The van der Waals surface area contributed by atoms with E-state index in [2.05, 4.69) is 0 Å². The van der Waals surface area contributed by atoms with Crippen LogP contribution in [0.1, 0.15) is 22.0 Å². The summed E-state index contributed by atoms with van der Waals surface area (Å²) in [7, 11) is 0. The Morgan fingerprint density at radius 1 is 1.20 bits per heavy atom. The van der Waals surface area contributed by atoms with E-state index in [4.69, 9.17) is 27.8 Å². The maximum absolute atomic E-state index is 11.0. The van der Waals surface area contributed by atoms with Crippen LogP contribution < -0.4 is 16.2 Å². The molecule has 0 heterocycles. The Kier molecular flexibility index (Phi) is 4.61. The van der Waals surface area contributed by atoms with E-state index < -0.39 is 5.91 Å². The lowest BCUT2D eigenvalue weighted by molar-refractivity contribution is 0.1000. The van der Waals surface area contributed by atoms with Gasteiger partial charge in [-0.3, -0.25) is 4.79 Å². The van der Waals surface area contributed by atoms with Crippen LogP contribution in [0.15, 0.2) is 48.5 Å². The molecular formula is C15H15ClN2O2. The van der Waals surface area contributed by atoms with E-state index in [1.54, 1.807) is 30.3 Å². The number of ether oxygens (including phenoxy) is 1. The van der Waals surface area contributed by atoms with E-state index in [0.717, 1.165) is 5.56 Å². The molecule has 1 unspecified atom stereocenters. The molecule has 0 aliphatic rings. The Labute approximate surface area is 122 Å². The fourth-order valence-electron chi connectivity index (χ4n) is 1.82. The number of halogens is 1. The predicted octanol–water partition coefficient (Wildman–Crippen LogP) is 2.52. The van der Waals surface area contributed by atoms with E-state index in [-0.39, 0.29) is 6.10 Å². The highest BCUT2D eigenvalue weighted by Crippen LogP contribution is 2.23. The summed E-state index contributed by atoms with van der Waals surface area (Å²) in [5, 5.41) is 0.633. The summed E-state index contributed by atoms with van der Waals surface area (Å²) in [6.45, 7) is 0.317. The number of benzene rings is 2. The molecule has 4 N–H and O–H groups in total. The number of rotatable bonds is 5. The summed E-state index contributed by atoms with van der Waals surface area (Å²) >= 11 is 5.96. The minimum atomic E-state index is -0.471. The highest BCUT2D eigenvalue weighted by atomic mass is 35.5. The van der Waals surface area contributed by atoms with Crippen molar-refractivity contribution in [3.05, 3.63) is 64.7 Å². The van der Waals surface area contributed by atoms with Gasteiger partial charge in [-0.2, -0.15) is 0 Å². The average molecular weight is 291 g/mol. The summed E-state index contributed by atoms with van der Waals surface area (Å²) in [5.74, 6) is 0.146. The molecular weight excluding hydrogens is 276 g/mol. The number of carbonyl (C=O) groups excluding carboxylic acids is 1. The first-order valence-electron chi connectivity index (χ1n) is 6.12. The average Bonchev–Trinajstić information content (AvgIpc) is 2.45. The van der Waals surface area contributed by atoms with Crippen LogP contribution in [0.3, 0.4) is 0 Å². The largest absolute Gasteiger partial charge is 0.484 e. The van der Waals surface area contributed by atoms with E-state index in [9.17, 15) is 4.79 Å². The molecule has 0 saturated carbocycles. The van der Waals surface area contributed by atoms with Crippen molar-refractivity contribution in [2.45, 2.75) is 6.10 Å². The van der Waals surface area contributed by atoms with Crippen molar-refractivity contribution in [3.63, 3.8) is 0 Å². The Morgan fingerprint density at radius 2 is 1.90 bits per heavy atom. The smallest absolute Gasteiger partial charge is 0.248 e. The first-order valence-corrected chi connectivity index (χ1v) is 6.50. The van der Waals surface area contributed by atoms with Gasteiger partial charge in [0.05, 0.1) is 0 Å². The van der Waals surface area contributed by atoms with Gasteiger partial charge in [0.15, 0.2) is 0 Å². The van der Waals surface area contributed by atoms with Gasteiger partial charge in [-0.15, -0.1) is 0 Å². The van der Waals surface area contributed by atoms with Crippen LogP contribution in [0.4, 0.5) is 0 Å². The highest BCUT2D eigenvalue weighted by Gasteiger charge is 2.12. The van der Waals surface area contributed by atoms with E-state index >= 15 is 0 Å². The number of hydrogen-bond donors (Lipinski definition) is 2. The molecule has 1 amide bonds. The van der Waals surface area contributed by atoms with Gasteiger partial charge in [0.25, 0.3) is 0 Å². The molecule has 2 aromatic carbocycles. The first kappa shape index (κ1) is 14.4. The lowest BCUT2D eigenvalue weighted by atomic mass is 10.1. The highest BCUT2D eigenvalue weighted by molar-refractivity contribution is 6.30. The summed E-state index contributed by atoms with van der Waals surface area (Å²) in [6, 6.07) is 14.0. The van der Waals surface area contributed by atoms with Crippen molar-refractivity contribution in [1.29, 1.82) is 0 Å². The lowest BCUT2D eigenvalue weighted by Gasteiger charge is -2.18. The summed E-state index contributed by atoms with van der Waals surface area (Å²) in [5.41, 5.74) is 12.3. The normalized spacial score (nSPS) is 11.9. The summed E-state index contributed by atoms with van der Waals surface area (Å²) < 4.78 is 5.80. The molecule has 0 aromatic heterocycles. The second-order valence-electron chi connectivity index (χ2n) is 4.29. The minimum Gasteiger partial charge on any atom is -0.484 e. The minimum absolute atomic E-state index is 0.298. The third-order valence-corrected chi connectivity index (χ3v) is 3.09. The first-order chi connectivity index (χ1) is 9.60. The number of carbonyl (C=O) groups is 1. The van der Waals surface area contributed by atoms with Crippen molar-refractivity contribution in [1.82, 2.24) is 0 Å². The second kappa shape index (κ2) is 6.41. The Morgan fingerprint density at radius 3 is 2.45 bits per heavy atom. The van der Waals surface area contributed by atoms with Crippen LogP contribution in [0.2, 0.25) is 5.02 Å². The zero-order valence-corrected chi connectivity index (χ0v) is 11.5. The molecule has 5 heteroatoms. The molecule has 0 saturated heterocycles. The maximum Gasteiger partial charge on any atom is 0.248 e. The Balaban J connectivity index is 2.16. The lowest BCUT2D eigenvalue weighted by Crippen LogP contribution is -2.18. The van der Waals surface area contributed by atoms with Gasteiger partial charge >= 0.3 is 0 Å². The van der Waals surface area contributed by atoms with Crippen molar-refractivity contribution in [2.24, 2.45) is 11.5 Å². The van der Waals surface area contributed by atoms with Crippen molar-refractivity contribution in [2.75, 3.05) is 6.54 Å². The van der Waals surface area contributed by atoms with Crippen LogP contribution in [0.25, 0.3) is 0 Å². The third kappa shape index (κ3) is 3.50. The van der Waals surface area contributed by atoms with Gasteiger partial charge in [-0.05, 0) is 42.0 Å². The fraction of sp³-hybridized carbons (Fsp3) is 0.133. The van der Waals surface area contributed by atoms with Gasteiger partial charge in [0.1, 0.15) is 11.9 Å². The van der Waals surface area contributed by atoms with Crippen molar-refractivity contribution < 1.29 is 9.53 Å². The van der Waals surface area contributed by atoms with Gasteiger partial charge in [0.2, 0.25) is 5.91 Å². The van der Waals surface area contributed by atoms with E-state index in [1.807, 2.05) is 18.2 Å². The molecule has 0 spiro atoms. The van der Waals surface area contributed by atoms with Crippen LogP contribution in [0.5, 0.6) is 5.75 Å². The predicted molar refractivity (Wildman–Crippen MR) is 78.8 cm³/mol. The SMILES string of the molecule is NCC(Oc1ccc(C(N)=O)cc1)c1cccc(Cl)c1. The molecule has 1 atom stereocenters. The third-order valence-electron chi connectivity index (χ3n) is 2.85. The molecule has 4 nitrogen and oxygen atoms in total. The molecule has 2 rings (SSSR count). The van der Waals surface area contributed by atoms with Crippen molar-refractivity contribution >= 4 is 17.5 Å². The van der Waals surface area contributed by atoms with E-state index in [1.165, 1.54) is 0 Å². The van der Waals surface area contributed by atoms with Crippen LogP contribution in [-0.2, 0) is 0 Å². The number of hydrogen-bond acceptors (Lipinski definition) is 3. The molecule has 2 aromatic rings. The van der Waals surface area contributed by atoms with Gasteiger partial charge in [0, 0.05) is 17.1 Å². The molecule has 20 heavy (non-hydrogen) atoms. The topological polar surface area (TPSA) is 78.3 Å². The van der Waals surface area contributed by atoms with Gasteiger partial charge < -0.3 is 16.2 Å². The standard InChI is InChI=1S/C15H15ClN2O2/c16-12-3-1-2-11(8-12)14(9-17)20-13-6-4-10(5-7-13)15(18)19/h1-8,14H,9,17H2,(H2,18,19). The zero-order valence-electron chi connectivity index (χ0n) is 10.8. The summed E-state index contributed by atoms with van der Waals surface area (Å²) in [4.78, 5) is 11.0. The summed E-state index contributed by atoms with van der Waals surface area (Å²) in [6.07, 6.45) is -0.298. The van der Waals surface area contributed by atoms with Crippen LogP contribution in [0, 0.1) is 0 Å². The maximum atomic E-state index is 11.0. The molecule has 0 aliphatic carbocycles. The number of nitrogens with two attached hydrogens (primary N) is 2. The van der Waals surface area contributed by atoms with E-state index in [0.29, 0.717) is 22.9 Å². The molecule has 104 valence electrons. The number of amides is 1. The molecule has 0 radical (unpaired) electrons. The Hall–Kier alpha value is -2.04. The zero-order chi connectivity index (χ0) is 14.5. The molecule has 0 bridgehead atoms. The second-order valence-corrected chi connectivity index (χ2v) is 4.72. The quantitative estimate of drug-likeness (QED) is 0.888. The monoisotopic (exact) mass is 290 g/mol. The van der Waals surface area contributed by atoms with Crippen molar-refractivity contribution in [3.8, 4) is 5.75 Å². The molecule has 0 aliphatic heterocycles. The number of primary amides is 1. The van der Waals surface area contributed by atoms with Crippen LogP contribution in [-0.4, -0.2) is 12.5 Å².